The quantitative estimate of drug-likeness (QED) is 0.737. The van der Waals surface area contributed by atoms with Crippen molar-refractivity contribution < 1.29 is 4.79 Å². The molecule has 0 saturated heterocycles. The van der Waals surface area contributed by atoms with Crippen molar-refractivity contribution in [1.82, 2.24) is 0 Å². The molecule has 1 nitrogen and oxygen atoms in total. The zero-order valence-corrected chi connectivity index (χ0v) is 11.2. The Kier molecular flexibility index (Phi) is 4.75. The van der Waals surface area contributed by atoms with Gasteiger partial charge in [-0.25, -0.2) is 0 Å². The summed E-state index contributed by atoms with van der Waals surface area (Å²) in [5.74, 6) is 2.52. The van der Waals surface area contributed by atoms with Crippen LogP contribution in [0.25, 0.3) is 0 Å². The van der Waals surface area contributed by atoms with Gasteiger partial charge in [-0.1, -0.05) is 32.6 Å². The Hall–Kier alpha value is 0.0200. The summed E-state index contributed by atoms with van der Waals surface area (Å²) in [7, 11) is 0. The molecule has 0 heterocycles. The third-order valence-electron chi connectivity index (χ3n) is 4.16. The zero-order chi connectivity index (χ0) is 11.4. The molecule has 0 aromatic heterocycles. The molecule has 0 spiro atoms. The van der Waals surface area contributed by atoms with Gasteiger partial charge in [-0.3, -0.25) is 4.79 Å². The smallest absolute Gasteiger partial charge is 0.145 e. The van der Waals surface area contributed by atoms with Crippen molar-refractivity contribution >= 4 is 17.5 Å². The van der Waals surface area contributed by atoms with Gasteiger partial charge >= 0.3 is 0 Å². The highest BCUT2D eigenvalue weighted by molar-refractivity contribution is 8.00. The van der Waals surface area contributed by atoms with E-state index in [4.69, 9.17) is 0 Å². The van der Waals surface area contributed by atoms with Crippen molar-refractivity contribution in [3.8, 4) is 0 Å². The second-order valence-electron chi connectivity index (χ2n) is 5.65. The second-order valence-corrected chi connectivity index (χ2v) is 6.94. The minimum absolute atomic E-state index is 0.401. The van der Waals surface area contributed by atoms with Crippen LogP contribution in [-0.4, -0.2) is 16.8 Å². The maximum absolute atomic E-state index is 12.1. The summed E-state index contributed by atoms with van der Waals surface area (Å²) in [6, 6.07) is 0. The van der Waals surface area contributed by atoms with Gasteiger partial charge in [0.2, 0.25) is 0 Å². The number of rotatable bonds is 4. The van der Waals surface area contributed by atoms with E-state index < -0.39 is 0 Å². The summed E-state index contributed by atoms with van der Waals surface area (Å²) in [5.41, 5.74) is 0. The lowest BCUT2D eigenvalue weighted by Gasteiger charge is -2.25. The monoisotopic (exact) mass is 240 g/mol. The highest BCUT2D eigenvalue weighted by Gasteiger charge is 2.25. The predicted molar refractivity (Wildman–Crippen MR) is 70.8 cm³/mol. The lowest BCUT2D eigenvalue weighted by atomic mass is 9.81. The molecule has 2 fully saturated rings. The van der Waals surface area contributed by atoms with E-state index >= 15 is 0 Å². The van der Waals surface area contributed by atoms with Crippen LogP contribution in [0.5, 0.6) is 0 Å². The standard InChI is InChI=1S/C14H24OS/c1-11-5-4-6-12(9-11)14(15)10-16-13-7-2-3-8-13/h11-13H,2-10H2,1H3. The van der Waals surface area contributed by atoms with Crippen LogP contribution < -0.4 is 0 Å². The van der Waals surface area contributed by atoms with E-state index in [-0.39, 0.29) is 0 Å². The Morgan fingerprint density at radius 2 is 1.88 bits per heavy atom. The third kappa shape index (κ3) is 3.51. The second kappa shape index (κ2) is 6.09. The lowest BCUT2D eigenvalue weighted by Crippen LogP contribution is -2.23. The van der Waals surface area contributed by atoms with Gasteiger partial charge in [0.1, 0.15) is 5.78 Å². The van der Waals surface area contributed by atoms with Crippen LogP contribution in [0.1, 0.15) is 58.3 Å². The van der Waals surface area contributed by atoms with Crippen LogP contribution >= 0.6 is 11.8 Å². The fraction of sp³-hybridized carbons (Fsp3) is 0.929. The molecule has 16 heavy (non-hydrogen) atoms. The van der Waals surface area contributed by atoms with Crippen LogP contribution in [-0.2, 0) is 4.79 Å². The Balaban J connectivity index is 1.70. The topological polar surface area (TPSA) is 17.1 Å². The molecule has 0 aliphatic heterocycles. The van der Waals surface area contributed by atoms with Crippen LogP contribution in [0.3, 0.4) is 0 Å². The number of carbonyl (C=O) groups excluding carboxylic acids is 1. The molecule has 0 amide bonds. The normalized spacial score (nSPS) is 31.8. The molecule has 2 unspecified atom stereocenters. The predicted octanol–water partition coefficient (Wildman–Crippen LogP) is 4.06. The van der Waals surface area contributed by atoms with E-state index in [2.05, 4.69) is 6.92 Å². The largest absolute Gasteiger partial charge is 0.298 e. The summed E-state index contributed by atoms with van der Waals surface area (Å²) in [6.45, 7) is 2.30. The number of carbonyl (C=O) groups is 1. The molecule has 2 heteroatoms. The van der Waals surface area contributed by atoms with Gasteiger partial charge in [0.15, 0.2) is 0 Å². The SMILES string of the molecule is CC1CCCC(C(=O)CSC2CCCC2)C1. The Morgan fingerprint density at radius 3 is 2.56 bits per heavy atom. The van der Waals surface area contributed by atoms with Gasteiger partial charge in [-0.2, -0.15) is 11.8 Å². The molecule has 2 rings (SSSR count). The third-order valence-corrected chi connectivity index (χ3v) is 5.55. The summed E-state index contributed by atoms with van der Waals surface area (Å²) < 4.78 is 0. The van der Waals surface area contributed by atoms with Gasteiger partial charge in [-0.15, -0.1) is 0 Å². The average Bonchev–Trinajstić information content (AvgIpc) is 2.78. The molecular weight excluding hydrogens is 216 g/mol. The van der Waals surface area contributed by atoms with Crippen LogP contribution in [0, 0.1) is 11.8 Å². The molecule has 2 atom stereocenters. The first kappa shape index (κ1) is 12.5. The van der Waals surface area contributed by atoms with E-state index in [0.29, 0.717) is 11.7 Å². The van der Waals surface area contributed by atoms with Crippen LogP contribution in [0.4, 0.5) is 0 Å². The van der Waals surface area contributed by atoms with E-state index in [9.17, 15) is 4.79 Å². The van der Waals surface area contributed by atoms with Crippen molar-refractivity contribution in [2.75, 3.05) is 5.75 Å². The molecule has 92 valence electrons. The number of hydrogen-bond donors (Lipinski definition) is 0. The van der Waals surface area contributed by atoms with E-state index in [1.165, 1.54) is 38.5 Å². The number of Topliss-reactive ketones (excluding diaryl/α,β-unsaturated/α-hetero) is 1. The fourth-order valence-corrected chi connectivity index (χ4v) is 4.40. The van der Waals surface area contributed by atoms with Crippen molar-refractivity contribution in [3.05, 3.63) is 0 Å². The summed E-state index contributed by atoms with van der Waals surface area (Å²) in [4.78, 5) is 12.1. The van der Waals surface area contributed by atoms with Gasteiger partial charge in [0.05, 0.1) is 5.75 Å². The molecule has 0 N–H and O–H groups in total. The van der Waals surface area contributed by atoms with Gasteiger partial charge in [0.25, 0.3) is 0 Å². The van der Waals surface area contributed by atoms with E-state index in [1.807, 2.05) is 11.8 Å². The number of thioether (sulfide) groups is 1. The van der Waals surface area contributed by atoms with Crippen molar-refractivity contribution in [2.45, 2.75) is 63.5 Å². The van der Waals surface area contributed by atoms with Crippen molar-refractivity contribution in [1.29, 1.82) is 0 Å². The Morgan fingerprint density at radius 1 is 1.12 bits per heavy atom. The van der Waals surface area contributed by atoms with Gasteiger partial charge < -0.3 is 0 Å². The molecule has 0 aromatic rings. The van der Waals surface area contributed by atoms with Gasteiger partial charge in [-0.05, 0) is 31.6 Å². The first-order valence-corrected chi connectivity index (χ1v) is 7.95. The molecule has 0 radical (unpaired) electrons. The molecule has 0 bridgehead atoms. The van der Waals surface area contributed by atoms with Crippen LogP contribution in [0.2, 0.25) is 0 Å². The molecule has 2 aliphatic rings. The summed E-state index contributed by atoms with van der Waals surface area (Å²) >= 11 is 1.94. The molecule has 2 saturated carbocycles. The highest BCUT2D eigenvalue weighted by atomic mass is 32.2. The van der Waals surface area contributed by atoms with Gasteiger partial charge in [0, 0.05) is 11.2 Å². The van der Waals surface area contributed by atoms with E-state index in [1.54, 1.807) is 0 Å². The maximum Gasteiger partial charge on any atom is 0.145 e. The Labute approximate surface area is 104 Å². The number of hydrogen-bond acceptors (Lipinski definition) is 2. The number of ketones is 1. The lowest BCUT2D eigenvalue weighted by molar-refractivity contribution is -0.121. The zero-order valence-electron chi connectivity index (χ0n) is 10.4. The molecule has 0 aromatic carbocycles. The van der Waals surface area contributed by atoms with Crippen molar-refractivity contribution in [2.24, 2.45) is 11.8 Å². The Bertz CT molecular complexity index is 233. The van der Waals surface area contributed by atoms with Crippen LogP contribution in [0.15, 0.2) is 0 Å². The summed E-state index contributed by atoms with van der Waals surface area (Å²) in [6.07, 6.45) is 10.4. The fourth-order valence-electron chi connectivity index (χ4n) is 3.10. The maximum atomic E-state index is 12.1. The van der Waals surface area contributed by atoms with Crippen molar-refractivity contribution in [3.63, 3.8) is 0 Å². The first-order valence-electron chi connectivity index (χ1n) is 6.90. The first-order chi connectivity index (χ1) is 7.75. The summed E-state index contributed by atoms with van der Waals surface area (Å²) in [5, 5.41) is 0.796. The highest BCUT2D eigenvalue weighted by Crippen LogP contribution is 2.33. The minimum atomic E-state index is 0.401. The molecule has 2 aliphatic carbocycles. The average molecular weight is 240 g/mol. The van der Waals surface area contributed by atoms with E-state index in [0.717, 1.165) is 29.8 Å². The molecular formula is C14H24OS. The minimum Gasteiger partial charge on any atom is -0.298 e.